The van der Waals surface area contributed by atoms with E-state index in [4.69, 9.17) is 5.73 Å². The molecular weight excluding hydrogens is 474 g/mol. The molecule has 0 aromatic carbocycles. The Bertz CT molecular complexity index is 796. The Morgan fingerprint density at radius 3 is 1.59 bits per heavy atom. The molecule has 10 nitrogen and oxygen atoms in total. The molecule has 5 amide bonds. The lowest BCUT2D eigenvalue weighted by atomic mass is 9.97. The molecule has 0 aromatic heterocycles. The Morgan fingerprint density at radius 1 is 0.703 bits per heavy atom. The number of hydrogen-bond donors (Lipinski definition) is 2. The van der Waals surface area contributed by atoms with Crippen molar-refractivity contribution in [1.82, 2.24) is 20.0 Å². The Kier molecular flexibility index (Phi) is 14.5. The Hall–Kier alpha value is -2.65. The SMILES string of the molecule is CC(C)CC(=O)N(C)CC(=O)N(C)[C@@H](CC(C)C)C(=O)N[C@H](C(=O)N(C)[C@@H](CC(C)C)C(N)=O)C(C)C. The molecular formula is C27H51N5O5. The lowest BCUT2D eigenvalue weighted by Gasteiger charge is -2.35. The molecule has 10 heteroatoms. The van der Waals surface area contributed by atoms with Crippen LogP contribution in [-0.2, 0) is 24.0 Å². The van der Waals surface area contributed by atoms with E-state index in [2.05, 4.69) is 5.32 Å². The van der Waals surface area contributed by atoms with Crippen LogP contribution in [0.3, 0.4) is 0 Å². The minimum absolute atomic E-state index is 0.0902. The molecule has 0 unspecified atom stereocenters. The third-order valence-corrected chi connectivity index (χ3v) is 6.31. The molecule has 0 aromatic rings. The first kappa shape index (κ1) is 34.4. The minimum Gasteiger partial charge on any atom is -0.368 e. The zero-order chi connectivity index (χ0) is 29.2. The molecule has 3 N–H and O–H groups in total. The standard InChI is InChI=1S/C27H51N5O5/c1-16(2)12-20(25(28)35)32(11)27(37)24(19(7)8)29-26(36)21(13-17(3)4)31(10)23(34)15-30(9)22(33)14-18(5)6/h16-21,24H,12-15H2,1-11H3,(H2,28,35)(H,29,36)/t20-,21-,24-/m0/s1. The summed E-state index contributed by atoms with van der Waals surface area (Å²) in [5, 5.41) is 2.83. The molecule has 0 radical (unpaired) electrons. The van der Waals surface area contributed by atoms with Gasteiger partial charge < -0.3 is 25.8 Å². The van der Waals surface area contributed by atoms with Crippen LogP contribution in [0.5, 0.6) is 0 Å². The molecule has 37 heavy (non-hydrogen) atoms. The van der Waals surface area contributed by atoms with E-state index in [-0.39, 0.29) is 42.0 Å². The molecule has 0 fully saturated rings. The van der Waals surface area contributed by atoms with Crippen LogP contribution < -0.4 is 11.1 Å². The van der Waals surface area contributed by atoms with Crippen LogP contribution in [0.15, 0.2) is 0 Å². The summed E-state index contributed by atoms with van der Waals surface area (Å²) in [6.45, 7) is 15.1. The predicted octanol–water partition coefficient (Wildman–Crippen LogP) is 1.86. The number of carbonyl (C=O) groups excluding carboxylic acids is 5. The summed E-state index contributed by atoms with van der Waals surface area (Å²) < 4.78 is 0. The van der Waals surface area contributed by atoms with Crippen molar-refractivity contribution < 1.29 is 24.0 Å². The Balaban J connectivity index is 5.77. The molecule has 0 spiro atoms. The first-order chi connectivity index (χ1) is 16.9. The molecule has 0 bridgehead atoms. The van der Waals surface area contributed by atoms with Crippen molar-refractivity contribution in [3.05, 3.63) is 0 Å². The normalized spacial score (nSPS) is 13.9. The van der Waals surface area contributed by atoms with Crippen LogP contribution in [0.4, 0.5) is 0 Å². The van der Waals surface area contributed by atoms with E-state index in [9.17, 15) is 24.0 Å². The number of rotatable bonds is 15. The van der Waals surface area contributed by atoms with Gasteiger partial charge in [-0.15, -0.1) is 0 Å². The van der Waals surface area contributed by atoms with Gasteiger partial charge in [0.15, 0.2) is 0 Å². The number of nitrogens with one attached hydrogen (secondary N) is 1. The molecule has 214 valence electrons. The largest absolute Gasteiger partial charge is 0.368 e. The van der Waals surface area contributed by atoms with Gasteiger partial charge in [-0.3, -0.25) is 24.0 Å². The average Bonchev–Trinajstić information content (AvgIpc) is 2.76. The zero-order valence-electron chi connectivity index (χ0n) is 24.8. The Labute approximate surface area is 223 Å². The van der Waals surface area contributed by atoms with Crippen molar-refractivity contribution in [3.8, 4) is 0 Å². The highest BCUT2D eigenvalue weighted by Gasteiger charge is 2.36. The number of primary amides is 1. The van der Waals surface area contributed by atoms with Gasteiger partial charge in [-0.1, -0.05) is 55.4 Å². The number of likely N-dealkylation sites (N-methyl/N-ethyl adjacent to an activating group) is 3. The molecule has 0 saturated carbocycles. The zero-order valence-corrected chi connectivity index (χ0v) is 24.8. The highest BCUT2D eigenvalue weighted by atomic mass is 16.2. The smallest absolute Gasteiger partial charge is 0.245 e. The minimum atomic E-state index is -0.903. The summed E-state index contributed by atoms with van der Waals surface area (Å²) in [6, 6.07) is -2.52. The van der Waals surface area contributed by atoms with Gasteiger partial charge in [0.05, 0.1) is 6.54 Å². The van der Waals surface area contributed by atoms with Crippen molar-refractivity contribution in [1.29, 1.82) is 0 Å². The number of carbonyl (C=O) groups is 5. The number of hydrogen-bond acceptors (Lipinski definition) is 5. The third kappa shape index (κ3) is 11.5. The summed E-state index contributed by atoms with van der Waals surface area (Å²) in [5.41, 5.74) is 5.57. The van der Waals surface area contributed by atoms with Gasteiger partial charge in [0.2, 0.25) is 29.5 Å². The van der Waals surface area contributed by atoms with E-state index < -0.39 is 35.8 Å². The maximum atomic E-state index is 13.5. The lowest BCUT2D eigenvalue weighted by Crippen LogP contribution is -2.59. The second-order valence-electron chi connectivity index (χ2n) is 11.7. The van der Waals surface area contributed by atoms with Gasteiger partial charge >= 0.3 is 0 Å². The van der Waals surface area contributed by atoms with E-state index in [1.807, 2.05) is 41.5 Å². The van der Waals surface area contributed by atoms with Gasteiger partial charge in [-0.2, -0.15) is 0 Å². The van der Waals surface area contributed by atoms with Gasteiger partial charge in [-0.05, 0) is 36.5 Å². The fourth-order valence-electron chi connectivity index (χ4n) is 4.02. The quantitative estimate of drug-likeness (QED) is 0.337. The van der Waals surface area contributed by atoms with Crippen LogP contribution in [0.25, 0.3) is 0 Å². The van der Waals surface area contributed by atoms with Crippen LogP contribution in [0.2, 0.25) is 0 Å². The van der Waals surface area contributed by atoms with Crippen molar-refractivity contribution >= 4 is 29.5 Å². The van der Waals surface area contributed by atoms with Gasteiger partial charge in [0.25, 0.3) is 0 Å². The van der Waals surface area contributed by atoms with Gasteiger partial charge in [-0.25, -0.2) is 0 Å². The lowest BCUT2D eigenvalue weighted by molar-refractivity contribution is -0.146. The van der Waals surface area contributed by atoms with E-state index >= 15 is 0 Å². The topological polar surface area (TPSA) is 133 Å². The Morgan fingerprint density at radius 2 is 1.19 bits per heavy atom. The second-order valence-corrected chi connectivity index (χ2v) is 11.7. The monoisotopic (exact) mass is 525 g/mol. The van der Waals surface area contributed by atoms with Crippen molar-refractivity contribution in [2.75, 3.05) is 27.7 Å². The molecule has 0 aliphatic carbocycles. The van der Waals surface area contributed by atoms with Crippen molar-refractivity contribution in [2.24, 2.45) is 29.4 Å². The fourth-order valence-corrected chi connectivity index (χ4v) is 4.02. The summed E-state index contributed by atoms with van der Waals surface area (Å²) in [6.07, 6.45) is 1.12. The van der Waals surface area contributed by atoms with Crippen LogP contribution in [0, 0.1) is 23.7 Å². The summed E-state index contributed by atoms with van der Waals surface area (Å²) in [7, 11) is 4.64. The second kappa shape index (κ2) is 15.6. The first-order valence-corrected chi connectivity index (χ1v) is 13.3. The maximum absolute atomic E-state index is 13.5. The van der Waals surface area contributed by atoms with Crippen molar-refractivity contribution in [2.45, 2.75) is 92.8 Å². The average molecular weight is 526 g/mol. The van der Waals surface area contributed by atoms with Gasteiger partial charge in [0, 0.05) is 27.6 Å². The highest BCUT2D eigenvalue weighted by molar-refractivity contribution is 5.94. The van der Waals surface area contributed by atoms with Crippen LogP contribution in [-0.4, -0.2) is 90.0 Å². The summed E-state index contributed by atoms with van der Waals surface area (Å²) >= 11 is 0. The number of nitrogens with zero attached hydrogens (tertiary/aromatic N) is 3. The van der Waals surface area contributed by atoms with E-state index in [0.29, 0.717) is 19.3 Å². The molecule has 0 aliphatic heterocycles. The number of amides is 5. The van der Waals surface area contributed by atoms with E-state index in [1.54, 1.807) is 27.9 Å². The fraction of sp³-hybridized carbons (Fsp3) is 0.815. The van der Waals surface area contributed by atoms with E-state index in [0.717, 1.165) is 0 Å². The van der Waals surface area contributed by atoms with Crippen LogP contribution in [0.1, 0.15) is 74.7 Å². The summed E-state index contributed by atoms with van der Waals surface area (Å²) in [5.74, 6) is -1.85. The summed E-state index contributed by atoms with van der Waals surface area (Å²) in [4.78, 5) is 68.3. The van der Waals surface area contributed by atoms with Crippen molar-refractivity contribution in [3.63, 3.8) is 0 Å². The predicted molar refractivity (Wildman–Crippen MR) is 145 cm³/mol. The van der Waals surface area contributed by atoms with Gasteiger partial charge in [0.1, 0.15) is 18.1 Å². The molecule has 0 rings (SSSR count). The third-order valence-electron chi connectivity index (χ3n) is 6.31. The molecule has 0 aliphatic rings. The molecule has 3 atom stereocenters. The van der Waals surface area contributed by atoms with Crippen LogP contribution >= 0.6 is 0 Å². The molecule has 0 heterocycles. The number of nitrogens with two attached hydrogens (primary N) is 1. The molecule has 0 saturated heterocycles. The maximum Gasteiger partial charge on any atom is 0.245 e. The van der Waals surface area contributed by atoms with E-state index in [1.165, 1.54) is 21.7 Å². The first-order valence-electron chi connectivity index (χ1n) is 13.3. The highest BCUT2D eigenvalue weighted by Crippen LogP contribution is 2.17.